The quantitative estimate of drug-likeness (QED) is 0.852. The fraction of sp³-hybridized carbons (Fsp3) is 0.188. The lowest BCUT2D eigenvalue weighted by molar-refractivity contribution is 0.0697. The Balaban J connectivity index is 2.07. The number of nitrogens with two attached hydrogens (primary N) is 1. The van der Waals surface area contributed by atoms with Crippen molar-refractivity contribution in [2.24, 2.45) is 5.73 Å². The zero-order chi connectivity index (χ0) is 15.2. The second-order valence-electron chi connectivity index (χ2n) is 4.47. The monoisotopic (exact) mass is 287 g/mol. The molecule has 0 unspecified atom stereocenters. The van der Waals surface area contributed by atoms with Gasteiger partial charge in [0.25, 0.3) is 0 Å². The van der Waals surface area contributed by atoms with E-state index >= 15 is 0 Å². The van der Waals surface area contributed by atoms with E-state index in [1.165, 1.54) is 0 Å². The van der Waals surface area contributed by atoms with E-state index in [9.17, 15) is 4.79 Å². The molecule has 2 aromatic rings. The minimum atomic E-state index is -0.942. The molecule has 0 atom stereocenters. The number of ether oxygens (including phenoxy) is 2. The van der Waals surface area contributed by atoms with Crippen LogP contribution in [0.15, 0.2) is 42.5 Å². The molecule has 3 N–H and O–H groups in total. The van der Waals surface area contributed by atoms with Crippen LogP contribution in [0.5, 0.6) is 11.5 Å². The second-order valence-corrected chi connectivity index (χ2v) is 4.47. The van der Waals surface area contributed by atoms with Gasteiger partial charge < -0.3 is 20.3 Å². The molecule has 0 spiro atoms. The molecule has 21 heavy (non-hydrogen) atoms. The highest BCUT2D eigenvalue weighted by atomic mass is 16.5. The van der Waals surface area contributed by atoms with Gasteiger partial charge in [0.2, 0.25) is 0 Å². The van der Waals surface area contributed by atoms with Crippen molar-refractivity contribution in [2.45, 2.75) is 13.2 Å². The molecule has 5 nitrogen and oxygen atoms in total. The van der Waals surface area contributed by atoms with Crippen LogP contribution in [0.2, 0.25) is 0 Å². The minimum absolute atomic E-state index is 0.255. The highest BCUT2D eigenvalue weighted by Gasteiger charge is 2.06. The average Bonchev–Trinajstić information content (AvgIpc) is 2.53. The van der Waals surface area contributed by atoms with Crippen molar-refractivity contribution in [2.75, 3.05) is 7.11 Å². The first kappa shape index (κ1) is 14.9. The number of aromatic carboxylic acids is 1. The molecule has 0 heterocycles. The van der Waals surface area contributed by atoms with Gasteiger partial charge in [-0.05, 0) is 35.9 Å². The van der Waals surface area contributed by atoms with Gasteiger partial charge in [0.1, 0.15) is 18.1 Å². The first-order chi connectivity index (χ1) is 10.1. The van der Waals surface area contributed by atoms with Gasteiger partial charge in [-0.2, -0.15) is 0 Å². The number of hydrogen-bond acceptors (Lipinski definition) is 4. The fourth-order valence-electron chi connectivity index (χ4n) is 1.89. The van der Waals surface area contributed by atoms with E-state index in [-0.39, 0.29) is 5.56 Å². The topological polar surface area (TPSA) is 81.8 Å². The third-order valence-electron chi connectivity index (χ3n) is 3.08. The molecular formula is C16H17NO4. The van der Waals surface area contributed by atoms with E-state index in [0.717, 1.165) is 16.9 Å². The molecule has 0 aromatic heterocycles. The predicted molar refractivity (Wildman–Crippen MR) is 78.6 cm³/mol. The number of carboxylic acids is 1. The van der Waals surface area contributed by atoms with E-state index in [0.29, 0.717) is 18.9 Å². The van der Waals surface area contributed by atoms with Crippen LogP contribution in [0.25, 0.3) is 0 Å². The normalized spacial score (nSPS) is 10.2. The number of methoxy groups -OCH3 is 1. The van der Waals surface area contributed by atoms with Gasteiger partial charge >= 0.3 is 5.97 Å². The Morgan fingerprint density at radius 3 is 2.48 bits per heavy atom. The van der Waals surface area contributed by atoms with Crippen LogP contribution in [0.3, 0.4) is 0 Å². The molecular weight excluding hydrogens is 270 g/mol. The molecule has 0 saturated carbocycles. The summed E-state index contributed by atoms with van der Waals surface area (Å²) in [5, 5.41) is 8.84. The number of rotatable bonds is 6. The van der Waals surface area contributed by atoms with Crippen LogP contribution < -0.4 is 15.2 Å². The number of carbonyl (C=O) groups is 1. The van der Waals surface area contributed by atoms with Crippen LogP contribution in [0.4, 0.5) is 0 Å². The van der Waals surface area contributed by atoms with E-state index in [1.807, 2.05) is 18.2 Å². The first-order valence-corrected chi connectivity index (χ1v) is 6.46. The third-order valence-corrected chi connectivity index (χ3v) is 3.08. The van der Waals surface area contributed by atoms with Crippen molar-refractivity contribution in [1.82, 2.24) is 0 Å². The Morgan fingerprint density at radius 1 is 1.19 bits per heavy atom. The highest BCUT2D eigenvalue weighted by Crippen LogP contribution is 2.24. The maximum absolute atomic E-state index is 10.8. The summed E-state index contributed by atoms with van der Waals surface area (Å²) in [6.07, 6.45) is 0. The number of hydrogen-bond donors (Lipinski definition) is 2. The van der Waals surface area contributed by atoms with Gasteiger partial charge in [-0.25, -0.2) is 4.79 Å². The van der Waals surface area contributed by atoms with E-state index in [4.69, 9.17) is 20.3 Å². The molecule has 0 amide bonds. The van der Waals surface area contributed by atoms with Gasteiger partial charge in [-0.1, -0.05) is 12.1 Å². The molecule has 0 saturated heterocycles. The zero-order valence-corrected chi connectivity index (χ0v) is 11.7. The van der Waals surface area contributed by atoms with E-state index < -0.39 is 5.97 Å². The van der Waals surface area contributed by atoms with Crippen molar-refractivity contribution in [3.05, 3.63) is 59.2 Å². The average molecular weight is 287 g/mol. The van der Waals surface area contributed by atoms with Crippen molar-refractivity contribution in [1.29, 1.82) is 0 Å². The molecule has 5 heteroatoms. The summed E-state index contributed by atoms with van der Waals surface area (Å²) in [5.41, 5.74) is 7.70. The van der Waals surface area contributed by atoms with Crippen molar-refractivity contribution < 1.29 is 19.4 Å². The molecule has 0 radical (unpaired) electrons. The third kappa shape index (κ3) is 3.73. The standard InChI is InChI=1S/C16H17NO4/c1-20-14-6-7-15(13(8-14)9-17)21-10-11-2-4-12(5-3-11)16(18)19/h2-8H,9-10,17H2,1H3,(H,18,19). The van der Waals surface area contributed by atoms with Crippen LogP contribution in [0.1, 0.15) is 21.5 Å². The van der Waals surface area contributed by atoms with Crippen molar-refractivity contribution >= 4 is 5.97 Å². The molecule has 2 rings (SSSR count). The van der Waals surface area contributed by atoms with Gasteiger partial charge in [0.05, 0.1) is 12.7 Å². The summed E-state index contributed by atoms with van der Waals surface area (Å²) in [7, 11) is 1.60. The van der Waals surface area contributed by atoms with Crippen LogP contribution in [-0.4, -0.2) is 18.2 Å². The molecule has 0 fully saturated rings. The summed E-state index contributed by atoms with van der Waals surface area (Å²) in [6, 6.07) is 12.0. The van der Waals surface area contributed by atoms with E-state index in [1.54, 1.807) is 31.4 Å². The molecule has 0 aliphatic carbocycles. The van der Waals surface area contributed by atoms with Crippen LogP contribution in [0, 0.1) is 0 Å². The Kier molecular flexibility index (Phi) is 4.79. The second kappa shape index (κ2) is 6.76. The Morgan fingerprint density at radius 2 is 1.90 bits per heavy atom. The molecule has 0 aliphatic heterocycles. The SMILES string of the molecule is COc1ccc(OCc2ccc(C(=O)O)cc2)c(CN)c1. The maximum Gasteiger partial charge on any atom is 0.335 e. The Bertz CT molecular complexity index is 623. The van der Waals surface area contributed by atoms with Crippen molar-refractivity contribution in [3.63, 3.8) is 0 Å². The lowest BCUT2D eigenvalue weighted by atomic mass is 10.1. The van der Waals surface area contributed by atoms with Crippen molar-refractivity contribution in [3.8, 4) is 11.5 Å². The predicted octanol–water partition coefficient (Wildman–Crippen LogP) is 2.43. The first-order valence-electron chi connectivity index (χ1n) is 6.46. The lowest BCUT2D eigenvalue weighted by Gasteiger charge is -2.12. The van der Waals surface area contributed by atoms with Gasteiger partial charge in [-0.15, -0.1) is 0 Å². The fourth-order valence-corrected chi connectivity index (χ4v) is 1.89. The maximum atomic E-state index is 10.8. The van der Waals surface area contributed by atoms with Crippen LogP contribution in [-0.2, 0) is 13.2 Å². The summed E-state index contributed by atoms with van der Waals surface area (Å²) in [6.45, 7) is 0.698. The Hall–Kier alpha value is -2.53. The molecule has 0 bridgehead atoms. The minimum Gasteiger partial charge on any atom is -0.497 e. The highest BCUT2D eigenvalue weighted by molar-refractivity contribution is 5.87. The zero-order valence-electron chi connectivity index (χ0n) is 11.7. The molecule has 110 valence electrons. The largest absolute Gasteiger partial charge is 0.497 e. The number of carboxylic acid groups (broad SMARTS) is 1. The van der Waals surface area contributed by atoms with Gasteiger partial charge in [0.15, 0.2) is 0 Å². The summed E-state index contributed by atoms with van der Waals surface area (Å²) in [4.78, 5) is 10.8. The Labute approximate surface area is 122 Å². The van der Waals surface area contributed by atoms with E-state index in [2.05, 4.69) is 0 Å². The smallest absolute Gasteiger partial charge is 0.335 e. The summed E-state index contributed by atoms with van der Waals surface area (Å²) in [5.74, 6) is 0.484. The lowest BCUT2D eigenvalue weighted by Crippen LogP contribution is -2.03. The summed E-state index contributed by atoms with van der Waals surface area (Å²) >= 11 is 0. The van der Waals surface area contributed by atoms with Gasteiger partial charge in [0, 0.05) is 12.1 Å². The molecule has 2 aromatic carbocycles. The summed E-state index contributed by atoms with van der Waals surface area (Å²) < 4.78 is 10.9. The van der Waals surface area contributed by atoms with Crippen LogP contribution >= 0.6 is 0 Å². The number of benzene rings is 2. The van der Waals surface area contributed by atoms with Gasteiger partial charge in [-0.3, -0.25) is 0 Å². The molecule has 0 aliphatic rings.